The summed E-state index contributed by atoms with van der Waals surface area (Å²) in [7, 11) is 2.75. The van der Waals surface area contributed by atoms with Crippen molar-refractivity contribution in [2.75, 3.05) is 40.5 Å². The Bertz CT molecular complexity index is 755. The van der Waals surface area contributed by atoms with E-state index in [2.05, 4.69) is 10.3 Å². The van der Waals surface area contributed by atoms with Gasteiger partial charge in [0, 0.05) is 19.6 Å². The van der Waals surface area contributed by atoms with Crippen LogP contribution in [0.25, 0.3) is 0 Å². The summed E-state index contributed by atoms with van der Waals surface area (Å²) >= 11 is 0. The van der Waals surface area contributed by atoms with Gasteiger partial charge >= 0.3 is 12.1 Å². The van der Waals surface area contributed by atoms with E-state index in [0.717, 1.165) is 5.56 Å². The topological polar surface area (TPSA) is 72.4 Å². The number of rotatable bonds is 7. The van der Waals surface area contributed by atoms with Crippen LogP contribution in [0.1, 0.15) is 19.4 Å². The fraction of sp³-hybridized carbons (Fsp3) is 0.600. The van der Waals surface area contributed by atoms with Crippen LogP contribution in [-0.4, -0.2) is 63.5 Å². The van der Waals surface area contributed by atoms with Crippen molar-refractivity contribution < 1.29 is 32.2 Å². The van der Waals surface area contributed by atoms with Crippen LogP contribution in [-0.2, 0) is 16.1 Å². The van der Waals surface area contributed by atoms with Gasteiger partial charge in [0.15, 0.2) is 24.1 Å². The van der Waals surface area contributed by atoms with Gasteiger partial charge in [-0.15, -0.1) is 0 Å². The third-order valence-corrected chi connectivity index (χ3v) is 4.78. The van der Waals surface area contributed by atoms with E-state index in [4.69, 9.17) is 14.2 Å². The van der Waals surface area contributed by atoms with Crippen molar-refractivity contribution in [1.82, 2.24) is 10.2 Å². The molecule has 168 valence electrons. The lowest BCUT2D eigenvalue weighted by Crippen LogP contribution is -2.40. The van der Waals surface area contributed by atoms with E-state index >= 15 is 0 Å². The SMILES string of the molecule is CCNC(=NCc1ccc(OCC(F)(F)F)c(OC)c1)N1CC(C)C(C(=O)OC)C1. The summed E-state index contributed by atoms with van der Waals surface area (Å²) in [6.07, 6.45) is -4.43. The maximum Gasteiger partial charge on any atom is 0.422 e. The molecule has 1 N–H and O–H groups in total. The third-order valence-electron chi connectivity index (χ3n) is 4.78. The van der Waals surface area contributed by atoms with Gasteiger partial charge in [-0.25, -0.2) is 4.99 Å². The standard InChI is InChI=1S/C20H28F3N3O4/c1-5-24-19(26-10-13(2)15(11-26)18(27)29-4)25-9-14-6-7-16(17(8-14)28-3)30-12-20(21,22)23/h6-8,13,15H,5,9-12H2,1-4H3,(H,24,25). The van der Waals surface area contributed by atoms with Gasteiger partial charge in [-0.05, 0) is 30.5 Å². The Labute approximate surface area is 174 Å². The van der Waals surface area contributed by atoms with Crippen molar-refractivity contribution in [2.24, 2.45) is 16.8 Å². The summed E-state index contributed by atoms with van der Waals surface area (Å²) in [6.45, 7) is 4.66. The molecule has 0 saturated carbocycles. The summed E-state index contributed by atoms with van der Waals surface area (Å²) in [5.74, 6) is 0.559. The molecule has 10 heteroatoms. The lowest BCUT2D eigenvalue weighted by atomic mass is 9.99. The molecule has 1 aromatic rings. The van der Waals surface area contributed by atoms with E-state index < -0.39 is 12.8 Å². The first-order valence-electron chi connectivity index (χ1n) is 9.66. The van der Waals surface area contributed by atoms with Crippen molar-refractivity contribution in [1.29, 1.82) is 0 Å². The number of methoxy groups -OCH3 is 2. The number of carbonyl (C=O) groups excluding carboxylic acids is 1. The maximum absolute atomic E-state index is 12.4. The smallest absolute Gasteiger partial charge is 0.422 e. The average Bonchev–Trinajstić information content (AvgIpc) is 3.10. The lowest BCUT2D eigenvalue weighted by molar-refractivity contribution is -0.153. The number of alkyl halides is 3. The summed E-state index contributed by atoms with van der Waals surface area (Å²) in [6, 6.07) is 4.68. The minimum absolute atomic E-state index is 0.0174. The molecule has 7 nitrogen and oxygen atoms in total. The summed E-state index contributed by atoms with van der Waals surface area (Å²) in [5.41, 5.74) is 0.748. The lowest BCUT2D eigenvalue weighted by Gasteiger charge is -2.21. The molecular weight excluding hydrogens is 403 g/mol. The zero-order valence-corrected chi connectivity index (χ0v) is 17.6. The van der Waals surface area contributed by atoms with Gasteiger partial charge in [0.1, 0.15) is 0 Å². The number of halogens is 3. The molecule has 0 aromatic heterocycles. The van der Waals surface area contributed by atoms with Gasteiger partial charge in [-0.2, -0.15) is 13.2 Å². The number of likely N-dealkylation sites (tertiary alicyclic amines) is 1. The number of nitrogens with zero attached hydrogens (tertiary/aromatic N) is 2. The molecule has 2 unspecified atom stereocenters. The first kappa shape index (κ1) is 23.6. The van der Waals surface area contributed by atoms with Crippen molar-refractivity contribution in [3.63, 3.8) is 0 Å². The molecular formula is C20H28F3N3O4. The number of nitrogens with one attached hydrogen (secondary N) is 1. The number of guanidine groups is 1. The summed E-state index contributed by atoms with van der Waals surface area (Å²) in [5, 5.41) is 3.21. The molecule has 1 aromatic carbocycles. The van der Waals surface area contributed by atoms with Crippen molar-refractivity contribution in [2.45, 2.75) is 26.6 Å². The minimum atomic E-state index is -4.43. The number of carbonyl (C=O) groups is 1. The Hall–Kier alpha value is -2.65. The van der Waals surface area contributed by atoms with Crippen molar-refractivity contribution >= 4 is 11.9 Å². The average molecular weight is 431 g/mol. The molecule has 1 fully saturated rings. The van der Waals surface area contributed by atoms with Crippen molar-refractivity contribution in [3.05, 3.63) is 23.8 Å². The van der Waals surface area contributed by atoms with Gasteiger partial charge in [-0.1, -0.05) is 13.0 Å². The zero-order valence-electron chi connectivity index (χ0n) is 17.6. The van der Waals surface area contributed by atoms with Crippen LogP contribution in [0.15, 0.2) is 23.2 Å². The van der Waals surface area contributed by atoms with Gasteiger partial charge in [-0.3, -0.25) is 4.79 Å². The molecule has 1 saturated heterocycles. The highest BCUT2D eigenvalue weighted by atomic mass is 19.4. The molecule has 0 radical (unpaired) electrons. The highest BCUT2D eigenvalue weighted by Gasteiger charge is 2.36. The van der Waals surface area contributed by atoms with E-state index in [-0.39, 0.29) is 35.8 Å². The van der Waals surface area contributed by atoms with Crippen LogP contribution in [0.4, 0.5) is 13.2 Å². The number of ether oxygens (including phenoxy) is 3. The first-order chi connectivity index (χ1) is 14.2. The third kappa shape index (κ3) is 6.43. The Kier molecular flexibility index (Phi) is 8.19. The predicted octanol–water partition coefficient (Wildman–Crippen LogP) is 2.84. The molecule has 0 aliphatic carbocycles. The monoisotopic (exact) mass is 431 g/mol. The number of esters is 1. The van der Waals surface area contributed by atoms with Gasteiger partial charge in [0.25, 0.3) is 0 Å². The van der Waals surface area contributed by atoms with Crippen molar-refractivity contribution in [3.8, 4) is 11.5 Å². The van der Waals surface area contributed by atoms with E-state index in [1.165, 1.54) is 20.3 Å². The molecule has 0 amide bonds. The number of hydrogen-bond acceptors (Lipinski definition) is 5. The summed E-state index contributed by atoms with van der Waals surface area (Å²) < 4.78 is 52.0. The molecule has 1 aliphatic rings. The van der Waals surface area contributed by atoms with Crippen LogP contribution in [0.2, 0.25) is 0 Å². The highest BCUT2D eigenvalue weighted by molar-refractivity contribution is 5.82. The highest BCUT2D eigenvalue weighted by Crippen LogP contribution is 2.30. The molecule has 2 rings (SSSR count). The Morgan fingerprint density at radius 1 is 1.27 bits per heavy atom. The molecule has 0 bridgehead atoms. The van der Waals surface area contributed by atoms with E-state index in [9.17, 15) is 18.0 Å². The molecule has 30 heavy (non-hydrogen) atoms. The molecule has 0 spiro atoms. The van der Waals surface area contributed by atoms with E-state index in [0.29, 0.717) is 25.6 Å². The first-order valence-corrected chi connectivity index (χ1v) is 9.66. The number of benzene rings is 1. The zero-order chi connectivity index (χ0) is 22.3. The molecule has 2 atom stereocenters. The van der Waals surface area contributed by atoms with Gasteiger partial charge < -0.3 is 24.4 Å². The fourth-order valence-corrected chi connectivity index (χ4v) is 3.28. The van der Waals surface area contributed by atoms with E-state index in [1.807, 2.05) is 18.7 Å². The fourth-order valence-electron chi connectivity index (χ4n) is 3.28. The normalized spacial score (nSPS) is 19.6. The summed E-state index contributed by atoms with van der Waals surface area (Å²) in [4.78, 5) is 18.6. The quantitative estimate of drug-likeness (QED) is 0.407. The second kappa shape index (κ2) is 10.4. The minimum Gasteiger partial charge on any atom is -0.493 e. The largest absolute Gasteiger partial charge is 0.493 e. The maximum atomic E-state index is 12.4. The van der Waals surface area contributed by atoms with Crippen LogP contribution >= 0.6 is 0 Å². The second-order valence-electron chi connectivity index (χ2n) is 7.07. The predicted molar refractivity (Wildman–Crippen MR) is 106 cm³/mol. The van der Waals surface area contributed by atoms with E-state index in [1.54, 1.807) is 12.1 Å². The van der Waals surface area contributed by atoms with Gasteiger partial charge in [0.2, 0.25) is 0 Å². The number of aliphatic imine (C=N–C) groups is 1. The Balaban J connectivity index is 2.11. The Morgan fingerprint density at radius 2 is 2.00 bits per heavy atom. The van der Waals surface area contributed by atoms with Crippen LogP contribution in [0, 0.1) is 11.8 Å². The molecule has 1 aliphatic heterocycles. The number of hydrogen-bond donors (Lipinski definition) is 1. The Morgan fingerprint density at radius 3 is 2.60 bits per heavy atom. The van der Waals surface area contributed by atoms with Gasteiger partial charge in [0.05, 0.1) is 26.7 Å². The molecule has 1 heterocycles. The van der Waals surface area contributed by atoms with Crippen LogP contribution in [0.3, 0.4) is 0 Å². The van der Waals surface area contributed by atoms with Crippen LogP contribution in [0.5, 0.6) is 11.5 Å². The second-order valence-corrected chi connectivity index (χ2v) is 7.07. The van der Waals surface area contributed by atoms with Crippen LogP contribution < -0.4 is 14.8 Å².